The highest BCUT2D eigenvalue weighted by Crippen LogP contribution is 2.16. The van der Waals surface area contributed by atoms with E-state index in [0.717, 1.165) is 5.69 Å². The van der Waals surface area contributed by atoms with E-state index in [1.165, 1.54) is 4.90 Å². The molecule has 0 aliphatic carbocycles. The molecule has 1 amide bonds. The number of benzene rings is 2. The number of nitrogens with one attached hydrogen (secondary N) is 1. The molecule has 0 aromatic heterocycles. The minimum Gasteiger partial charge on any atom is -0.314 e. The average molecular weight is 381 g/mol. The van der Waals surface area contributed by atoms with E-state index in [1.807, 2.05) is 44.2 Å². The van der Waals surface area contributed by atoms with Crippen molar-refractivity contribution in [3.8, 4) is 0 Å². The lowest BCUT2D eigenvalue weighted by Crippen LogP contribution is -2.52. The van der Waals surface area contributed by atoms with Crippen molar-refractivity contribution >= 4 is 41.4 Å². The van der Waals surface area contributed by atoms with Crippen LogP contribution in [0.3, 0.4) is 0 Å². The summed E-state index contributed by atoms with van der Waals surface area (Å²) in [4.78, 5) is 27.2. The molecule has 0 radical (unpaired) electrons. The highest BCUT2D eigenvalue weighted by Gasteiger charge is 2.31. The number of hydrogen-bond donors (Lipinski definition) is 1. The Balaban J connectivity index is 0.00000312. The van der Waals surface area contributed by atoms with Gasteiger partial charge >= 0.3 is 0 Å². The molecule has 0 bridgehead atoms. The first kappa shape index (κ1) is 21.2. The van der Waals surface area contributed by atoms with E-state index in [4.69, 9.17) is 11.6 Å². The van der Waals surface area contributed by atoms with Gasteiger partial charge in [0.2, 0.25) is 0 Å². The number of carbonyl (C=O) groups excluding carboxylic acids is 2. The number of ketones is 1. The van der Waals surface area contributed by atoms with Crippen LogP contribution in [-0.4, -0.2) is 30.8 Å². The molecule has 4 nitrogen and oxygen atoms in total. The molecule has 0 fully saturated rings. The number of amides is 1. The number of nitrogens with zero attached hydrogens (tertiary/aromatic N) is 1. The number of Topliss-reactive ketones (excluding diaryl/α,β-unsaturated/α-hetero) is 1. The summed E-state index contributed by atoms with van der Waals surface area (Å²) in [7, 11) is 1.67. The van der Waals surface area contributed by atoms with Gasteiger partial charge in [0.05, 0.1) is 0 Å². The van der Waals surface area contributed by atoms with Gasteiger partial charge in [0.25, 0.3) is 5.91 Å². The number of rotatable bonds is 6. The SMILES string of the molecule is CC(C)NC(C(=O)c1ccc(Cl)cc1)C(=O)N(C)c1ccccc1.Cl. The summed E-state index contributed by atoms with van der Waals surface area (Å²) < 4.78 is 0. The van der Waals surface area contributed by atoms with Crippen molar-refractivity contribution in [1.82, 2.24) is 5.32 Å². The van der Waals surface area contributed by atoms with Gasteiger partial charge in [0, 0.05) is 29.4 Å². The molecule has 134 valence electrons. The van der Waals surface area contributed by atoms with Crippen LogP contribution in [0.2, 0.25) is 5.02 Å². The molecule has 2 rings (SSSR count). The third kappa shape index (κ3) is 5.56. The van der Waals surface area contributed by atoms with Gasteiger partial charge in [-0.15, -0.1) is 12.4 Å². The maximum absolute atomic E-state index is 12.9. The lowest BCUT2D eigenvalue weighted by atomic mass is 10.0. The van der Waals surface area contributed by atoms with Gasteiger partial charge in [-0.25, -0.2) is 0 Å². The fraction of sp³-hybridized carbons (Fsp3) is 0.263. The Bertz CT molecular complexity index is 703. The maximum Gasteiger partial charge on any atom is 0.251 e. The van der Waals surface area contributed by atoms with Gasteiger partial charge in [-0.1, -0.05) is 29.8 Å². The molecule has 0 aliphatic rings. The smallest absolute Gasteiger partial charge is 0.251 e. The highest BCUT2D eigenvalue weighted by molar-refractivity contribution is 6.30. The second kappa shape index (κ2) is 9.56. The van der Waals surface area contributed by atoms with Crippen molar-refractivity contribution in [1.29, 1.82) is 0 Å². The van der Waals surface area contributed by atoms with Gasteiger partial charge in [-0.2, -0.15) is 0 Å². The van der Waals surface area contributed by atoms with E-state index in [9.17, 15) is 9.59 Å². The zero-order valence-corrected chi connectivity index (χ0v) is 16.0. The molecular formula is C19H22Cl2N2O2. The predicted octanol–water partition coefficient (Wildman–Crippen LogP) is 3.97. The second-order valence-corrected chi connectivity index (χ2v) is 6.29. The number of hydrogen-bond acceptors (Lipinski definition) is 3. The van der Waals surface area contributed by atoms with Crippen LogP contribution in [-0.2, 0) is 4.79 Å². The number of anilines is 1. The van der Waals surface area contributed by atoms with Crippen LogP contribution >= 0.6 is 24.0 Å². The number of para-hydroxylation sites is 1. The van der Waals surface area contributed by atoms with E-state index in [2.05, 4.69) is 5.32 Å². The zero-order valence-electron chi connectivity index (χ0n) is 14.4. The monoisotopic (exact) mass is 380 g/mol. The number of carbonyl (C=O) groups is 2. The molecule has 2 aromatic carbocycles. The summed E-state index contributed by atoms with van der Waals surface area (Å²) in [5.74, 6) is -0.567. The van der Waals surface area contributed by atoms with Crippen molar-refractivity contribution < 1.29 is 9.59 Å². The van der Waals surface area contributed by atoms with Crippen molar-refractivity contribution in [3.63, 3.8) is 0 Å². The summed E-state index contributed by atoms with van der Waals surface area (Å²) in [5, 5.41) is 3.62. The quantitative estimate of drug-likeness (QED) is 0.609. The van der Waals surface area contributed by atoms with E-state index < -0.39 is 6.04 Å². The Morgan fingerprint density at radius 2 is 1.56 bits per heavy atom. The van der Waals surface area contributed by atoms with Crippen molar-refractivity contribution in [2.75, 3.05) is 11.9 Å². The standard InChI is InChI=1S/C19H21ClN2O2.ClH/c1-13(2)21-17(18(23)14-9-11-15(20)12-10-14)19(24)22(3)16-7-5-4-6-8-16;/h4-13,17,21H,1-3H3;1H. The first-order valence-corrected chi connectivity index (χ1v) is 8.16. The van der Waals surface area contributed by atoms with Crippen molar-refractivity contribution in [2.24, 2.45) is 0 Å². The first-order chi connectivity index (χ1) is 11.4. The normalized spacial score (nSPS) is 11.6. The van der Waals surface area contributed by atoms with Crippen molar-refractivity contribution in [2.45, 2.75) is 25.9 Å². The number of halogens is 2. The van der Waals surface area contributed by atoms with Gasteiger partial charge in [-0.3, -0.25) is 14.9 Å². The van der Waals surface area contributed by atoms with Crippen LogP contribution in [0.5, 0.6) is 0 Å². The molecule has 0 aliphatic heterocycles. The molecule has 0 saturated carbocycles. The maximum atomic E-state index is 12.9. The molecular weight excluding hydrogens is 359 g/mol. The van der Waals surface area contributed by atoms with Crippen LogP contribution in [0.15, 0.2) is 54.6 Å². The minimum atomic E-state index is -0.948. The van der Waals surface area contributed by atoms with Gasteiger partial charge in [0.1, 0.15) is 0 Å². The fourth-order valence-electron chi connectivity index (χ4n) is 2.35. The Morgan fingerprint density at radius 1 is 1.00 bits per heavy atom. The Morgan fingerprint density at radius 3 is 2.08 bits per heavy atom. The van der Waals surface area contributed by atoms with Gasteiger partial charge < -0.3 is 4.90 Å². The molecule has 0 spiro atoms. The van der Waals surface area contributed by atoms with Gasteiger partial charge in [0.15, 0.2) is 11.8 Å². The van der Waals surface area contributed by atoms with Crippen LogP contribution in [0.25, 0.3) is 0 Å². The van der Waals surface area contributed by atoms with Crippen molar-refractivity contribution in [3.05, 3.63) is 65.2 Å². The third-order valence-corrected chi connectivity index (χ3v) is 3.86. The van der Waals surface area contributed by atoms with Crippen LogP contribution in [0.1, 0.15) is 24.2 Å². The van der Waals surface area contributed by atoms with E-state index in [0.29, 0.717) is 10.6 Å². The Kier molecular flexibility index (Phi) is 8.10. The lowest BCUT2D eigenvalue weighted by molar-refractivity contribution is -0.119. The van der Waals surface area contributed by atoms with Crippen LogP contribution in [0, 0.1) is 0 Å². The summed E-state index contributed by atoms with van der Waals surface area (Å²) in [6.45, 7) is 3.80. The van der Waals surface area contributed by atoms with E-state index in [1.54, 1.807) is 31.3 Å². The molecule has 0 heterocycles. The average Bonchev–Trinajstić information content (AvgIpc) is 2.59. The second-order valence-electron chi connectivity index (χ2n) is 5.86. The first-order valence-electron chi connectivity index (χ1n) is 7.78. The largest absolute Gasteiger partial charge is 0.314 e. The Hall–Kier alpha value is -1.88. The van der Waals surface area contributed by atoms with Gasteiger partial charge in [-0.05, 0) is 50.2 Å². The summed E-state index contributed by atoms with van der Waals surface area (Å²) in [5.41, 5.74) is 1.19. The molecule has 1 unspecified atom stereocenters. The molecule has 25 heavy (non-hydrogen) atoms. The molecule has 1 atom stereocenters. The highest BCUT2D eigenvalue weighted by atomic mass is 35.5. The topological polar surface area (TPSA) is 49.4 Å². The lowest BCUT2D eigenvalue weighted by Gasteiger charge is -2.25. The molecule has 6 heteroatoms. The van der Waals surface area contributed by atoms with E-state index in [-0.39, 0.29) is 30.1 Å². The Labute approximate surface area is 159 Å². The molecule has 0 saturated heterocycles. The molecule has 1 N–H and O–H groups in total. The zero-order chi connectivity index (χ0) is 17.7. The molecule has 2 aromatic rings. The third-order valence-electron chi connectivity index (χ3n) is 3.61. The number of likely N-dealkylation sites (N-methyl/N-ethyl adjacent to an activating group) is 1. The minimum absolute atomic E-state index is 0. The summed E-state index contributed by atoms with van der Waals surface area (Å²) in [6.07, 6.45) is 0. The van der Waals surface area contributed by atoms with Crippen LogP contribution in [0.4, 0.5) is 5.69 Å². The summed E-state index contributed by atoms with van der Waals surface area (Å²) >= 11 is 5.87. The summed E-state index contributed by atoms with van der Waals surface area (Å²) in [6, 6.07) is 14.8. The fourth-order valence-corrected chi connectivity index (χ4v) is 2.47. The predicted molar refractivity (Wildman–Crippen MR) is 105 cm³/mol. The van der Waals surface area contributed by atoms with Crippen LogP contribution < -0.4 is 10.2 Å². The van der Waals surface area contributed by atoms with E-state index >= 15 is 0 Å².